The first-order valence-electron chi connectivity index (χ1n) is 10.6. The van der Waals surface area contributed by atoms with Crippen molar-refractivity contribution in [2.75, 3.05) is 0 Å². The Morgan fingerprint density at radius 2 is 1.78 bits per heavy atom. The van der Waals surface area contributed by atoms with E-state index in [1.807, 2.05) is 42.9 Å². The summed E-state index contributed by atoms with van der Waals surface area (Å²) in [7, 11) is 0. The van der Waals surface area contributed by atoms with Crippen LogP contribution in [0.3, 0.4) is 0 Å². The number of nitrogens with zero attached hydrogens (tertiary/aromatic N) is 5. The molecule has 4 aromatic rings. The number of hydrogen-bond donors (Lipinski definition) is 1. The standard InChI is InChI=1S/C25H24N6S/c1-17-13-21(18(2)31(17)20-8-6-11-27-15-20)24-23(22-9-3-4-12-28-22)29-25(32)30(24)16-19-7-5-10-26-14-19/h3-15,23-24H,16H2,1-2H3,(H,29,32)/t23-,24+/m0/s1. The summed E-state index contributed by atoms with van der Waals surface area (Å²) in [6.45, 7) is 4.96. The van der Waals surface area contributed by atoms with Gasteiger partial charge in [0.2, 0.25) is 0 Å². The Labute approximate surface area is 193 Å². The number of thiocarbonyl (C=S) groups is 1. The van der Waals surface area contributed by atoms with E-state index in [4.69, 9.17) is 12.2 Å². The summed E-state index contributed by atoms with van der Waals surface area (Å²) < 4.78 is 2.25. The normalized spacial score (nSPS) is 18.1. The maximum Gasteiger partial charge on any atom is 0.170 e. The maximum absolute atomic E-state index is 5.82. The van der Waals surface area contributed by atoms with Gasteiger partial charge in [-0.25, -0.2) is 0 Å². The minimum Gasteiger partial charge on any atom is -0.352 e. The summed E-state index contributed by atoms with van der Waals surface area (Å²) in [5.41, 5.74) is 6.69. The van der Waals surface area contributed by atoms with Gasteiger partial charge in [0, 0.05) is 42.7 Å². The van der Waals surface area contributed by atoms with Crippen molar-refractivity contribution in [3.63, 3.8) is 0 Å². The lowest BCUT2D eigenvalue weighted by Gasteiger charge is -2.28. The minimum absolute atomic E-state index is 0.00534. The first-order chi connectivity index (χ1) is 15.6. The maximum atomic E-state index is 5.82. The Hall–Kier alpha value is -3.58. The van der Waals surface area contributed by atoms with Gasteiger partial charge in [0.1, 0.15) is 0 Å². The summed E-state index contributed by atoms with van der Waals surface area (Å²) in [6.07, 6.45) is 9.21. The summed E-state index contributed by atoms with van der Waals surface area (Å²) >= 11 is 5.82. The van der Waals surface area contributed by atoms with Gasteiger partial charge in [-0.3, -0.25) is 15.0 Å². The largest absolute Gasteiger partial charge is 0.352 e. The van der Waals surface area contributed by atoms with Gasteiger partial charge in [-0.15, -0.1) is 0 Å². The predicted octanol–water partition coefficient (Wildman–Crippen LogP) is 4.45. The molecular formula is C25H24N6S. The van der Waals surface area contributed by atoms with Crippen LogP contribution < -0.4 is 5.32 Å². The molecule has 0 unspecified atom stereocenters. The average molecular weight is 441 g/mol. The lowest BCUT2D eigenvalue weighted by atomic mass is 9.96. The zero-order valence-corrected chi connectivity index (χ0v) is 18.8. The average Bonchev–Trinajstić information content (AvgIpc) is 3.30. The predicted molar refractivity (Wildman–Crippen MR) is 128 cm³/mol. The number of hydrogen-bond acceptors (Lipinski definition) is 4. The molecule has 0 saturated carbocycles. The van der Waals surface area contributed by atoms with E-state index in [9.17, 15) is 0 Å². The molecule has 160 valence electrons. The fraction of sp³-hybridized carbons (Fsp3) is 0.200. The number of nitrogens with one attached hydrogen (secondary N) is 1. The zero-order chi connectivity index (χ0) is 22.1. The van der Waals surface area contributed by atoms with Gasteiger partial charge in [0.15, 0.2) is 5.11 Å². The van der Waals surface area contributed by atoms with Gasteiger partial charge in [0.05, 0.1) is 29.7 Å². The van der Waals surface area contributed by atoms with Gasteiger partial charge >= 0.3 is 0 Å². The van der Waals surface area contributed by atoms with Crippen LogP contribution in [-0.2, 0) is 6.54 Å². The Kier molecular flexibility index (Phi) is 5.41. The summed E-state index contributed by atoms with van der Waals surface area (Å²) in [5, 5.41) is 4.26. The van der Waals surface area contributed by atoms with E-state index in [1.54, 1.807) is 12.4 Å². The third kappa shape index (κ3) is 3.65. The molecule has 1 aliphatic heterocycles. The Morgan fingerprint density at radius 3 is 2.47 bits per heavy atom. The molecular weight excluding hydrogens is 416 g/mol. The van der Waals surface area contributed by atoms with Crippen LogP contribution in [0.5, 0.6) is 0 Å². The number of aryl methyl sites for hydroxylation is 1. The molecule has 1 aliphatic rings. The first-order valence-corrected chi connectivity index (χ1v) is 11.0. The van der Waals surface area contributed by atoms with E-state index in [0.717, 1.165) is 27.8 Å². The lowest BCUT2D eigenvalue weighted by molar-refractivity contribution is 0.310. The van der Waals surface area contributed by atoms with Gasteiger partial charge in [0.25, 0.3) is 0 Å². The molecule has 0 aromatic carbocycles. The highest BCUT2D eigenvalue weighted by atomic mass is 32.1. The first kappa shape index (κ1) is 20.3. The molecule has 5 heterocycles. The van der Waals surface area contributed by atoms with Gasteiger partial charge in [-0.2, -0.15) is 0 Å². The van der Waals surface area contributed by atoms with Crippen molar-refractivity contribution < 1.29 is 0 Å². The Morgan fingerprint density at radius 1 is 0.969 bits per heavy atom. The number of aromatic nitrogens is 4. The second-order valence-corrected chi connectivity index (χ2v) is 8.38. The molecule has 0 amide bonds. The van der Waals surface area contributed by atoms with E-state index >= 15 is 0 Å². The van der Waals surface area contributed by atoms with Crippen molar-refractivity contribution in [3.8, 4) is 5.69 Å². The van der Waals surface area contributed by atoms with E-state index < -0.39 is 0 Å². The highest BCUT2D eigenvalue weighted by Crippen LogP contribution is 2.42. The van der Waals surface area contributed by atoms with Crippen LogP contribution >= 0.6 is 12.2 Å². The van der Waals surface area contributed by atoms with Gasteiger partial charge in [-0.1, -0.05) is 12.1 Å². The molecule has 0 radical (unpaired) electrons. The lowest BCUT2D eigenvalue weighted by Crippen LogP contribution is -2.29. The SMILES string of the molecule is Cc1cc([C@@H]2[C@H](c3ccccn3)NC(=S)N2Cc2cccnc2)c(C)n1-c1cccnc1. The van der Waals surface area contributed by atoms with Gasteiger partial charge < -0.3 is 14.8 Å². The molecule has 0 aliphatic carbocycles. The monoisotopic (exact) mass is 440 g/mol. The van der Waals surface area contributed by atoms with Crippen molar-refractivity contribution >= 4 is 17.3 Å². The van der Waals surface area contributed by atoms with Crippen LogP contribution in [0.1, 0.15) is 40.3 Å². The summed E-state index contributed by atoms with van der Waals surface area (Å²) in [5.74, 6) is 0. The van der Waals surface area contributed by atoms with Crippen LogP contribution in [-0.4, -0.2) is 29.5 Å². The third-order valence-corrected chi connectivity index (χ3v) is 6.32. The topological polar surface area (TPSA) is 58.9 Å². The smallest absolute Gasteiger partial charge is 0.170 e. The quantitative estimate of drug-likeness (QED) is 0.463. The van der Waals surface area contributed by atoms with Crippen molar-refractivity contribution in [2.24, 2.45) is 0 Å². The molecule has 32 heavy (non-hydrogen) atoms. The van der Waals surface area contributed by atoms with Crippen molar-refractivity contribution in [3.05, 3.63) is 108 Å². The molecule has 5 rings (SSSR count). The highest BCUT2D eigenvalue weighted by Gasteiger charge is 2.41. The van der Waals surface area contributed by atoms with Crippen LogP contribution in [0.25, 0.3) is 5.69 Å². The van der Waals surface area contributed by atoms with E-state index in [1.165, 1.54) is 11.3 Å². The molecule has 1 fully saturated rings. The Bertz CT molecular complexity index is 1220. The molecule has 6 nitrogen and oxygen atoms in total. The minimum atomic E-state index is -0.0526. The molecule has 1 saturated heterocycles. The Balaban J connectivity index is 1.62. The highest BCUT2D eigenvalue weighted by molar-refractivity contribution is 7.80. The fourth-order valence-electron chi connectivity index (χ4n) is 4.57. The second-order valence-electron chi connectivity index (χ2n) is 7.99. The molecule has 0 bridgehead atoms. The van der Waals surface area contributed by atoms with Gasteiger partial charge in [-0.05, 0) is 73.6 Å². The van der Waals surface area contributed by atoms with Crippen LogP contribution in [0.4, 0.5) is 0 Å². The molecule has 7 heteroatoms. The van der Waals surface area contributed by atoms with Crippen LogP contribution in [0.15, 0.2) is 79.5 Å². The number of rotatable bonds is 5. The van der Waals surface area contributed by atoms with E-state index in [0.29, 0.717) is 6.54 Å². The second kappa shape index (κ2) is 8.51. The molecule has 0 spiro atoms. The zero-order valence-electron chi connectivity index (χ0n) is 18.0. The number of pyridine rings is 3. The fourth-order valence-corrected chi connectivity index (χ4v) is 4.88. The van der Waals surface area contributed by atoms with E-state index in [-0.39, 0.29) is 12.1 Å². The summed E-state index contributed by atoms with van der Waals surface area (Å²) in [6, 6.07) is 16.3. The van der Waals surface area contributed by atoms with Crippen molar-refractivity contribution in [2.45, 2.75) is 32.5 Å². The van der Waals surface area contributed by atoms with Crippen LogP contribution in [0, 0.1) is 13.8 Å². The molecule has 2 atom stereocenters. The van der Waals surface area contributed by atoms with E-state index in [2.05, 4.69) is 67.8 Å². The van der Waals surface area contributed by atoms with Crippen molar-refractivity contribution in [1.29, 1.82) is 0 Å². The molecule has 1 N–H and O–H groups in total. The van der Waals surface area contributed by atoms with Crippen molar-refractivity contribution in [1.82, 2.24) is 29.7 Å². The van der Waals surface area contributed by atoms with Crippen LogP contribution in [0.2, 0.25) is 0 Å². The molecule has 4 aromatic heterocycles. The summed E-state index contributed by atoms with van der Waals surface area (Å²) in [4.78, 5) is 15.5. The third-order valence-electron chi connectivity index (χ3n) is 5.97.